The molecule has 468 valence electrons. The highest BCUT2D eigenvalue weighted by Crippen LogP contribution is 2.42. The normalized spacial score (nSPS) is 12.0. The average Bonchev–Trinajstić information content (AvgIpc) is 1.55. The van der Waals surface area contributed by atoms with E-state index in [0.29, 0.717) is 6.54 Å². The minimum atomic E-state index is -0.359. The molecule has 7 heteroatoms. The molecule has 0 saturated carbocycles. The molecule has 12 aromatic carbocycles. The molecule has 0 aliphatic carbocycles. The molecule has 2 aromatic heterocycles. The monoisotopic (exact) mass is 1280 g/mol. The summed E-state index contributed by atoms with van der Waals surface area (Å²) in [6, 6.07) is 112. The Morgan fingerprint density at radius 3 is 0.875 bits per heavy atom. The first-order valence-electron chi connectivity index (χ1n) is 33.3. The molecule has 0 saturated heterocycles. The largest absolute Gasteiger partial charge is 0.340 e. The topological polar surface area (TPSA) is 59.8 Å². The van der Waals surface area contributed by atoms with E-state index in [9.17, 15) is 9.59 Å². The van der Waals surface area contributed by atoms with Gasteiger partial charge < -0.3 is 9.13 Å². The van der Waals surface area contributed by atoms with Crippen LogP contribution in [0.25, 0.3) is 88.6 Å². The Hall–Kier alpha value is -10.7. The first kappa shape index (κ1) is 62.7. The highest BCUT2D eigenvalue weighted by atomic mass is 32.1. The van der Waals surface area contributed by atoms with E-state index in [2.05, 4.69) is 314 Å². The molecule has 2 heterocycles. The standard InChI is InChI=1S/C89H73N3O2S2/c93-84-56-59-91(89(94)90-84)57-18-4-2-1-3-5-19-58-92-82-54-48-76(66-32-40-74(41-33-66)87(70-24-14-8-15-25-70)85(68-20-10-6-11-21-68)72-36-28-62(29-37-72)64-44-50-78(95)51-45-64)60-80(82)81-61-77(49-55-83(81)92)67-34-42-75(43-35-67)88(71-26-16-9-17-27-71)86(69-22-12-7-13-23-69)73-38-30-63(31-39-73)65-46-52-79(96)53-47-65/h6-17,20-56,59-61,95-96H,1-5,18-19,57-58H2,(H,90,93,94)/b87-85+,88-86+. The molecule has 5 nitrogen and oxygen atoms in total. The van der Waals surface area contributed by atoms with Crippen LogP contribution in [0.5, 0.6) is 0 Å². The first-order valence-corrected chi connectivity index (χ1v) is 34.2. The van der Waals surface area contributed by atoms with Gasteiger partial charge in [-0.15, -0.1) is 25.3 Å². The van der Waals surface area contributed by atoms with Crippen LogP contribution in [0.1, 0.15) is 89.5 Å². The lowest BCUT2D eigenvalue weighted by Crippen LogP contribution is -2.28. The number of fused-ring (bicyclic) bond motifs is 3. The van der Waals surface area contributed by atoms with E-state index in [1.54, 1.807) is 10.8 Å². The molecule has 96 heavy (non-hydrogen) atoms. The van der Waals surface area contributed by atoms with E-state index in [1.165, 1.54) is 61.3 Å². The van der Waals surface area contributed by atoms with Crippen LogP contribution in [-0.4, -0.2) is 14.1 Å². The highest BCUT2D eigenvalue weighted by Gasteiger charge is 2.21. The third-order valence-electron chi connectivity index (χ3n) is 18.6. The maximum Gasteiger partial charge on any atom is 0.328 e. The average molecular weight is 1280 g/mol. The molecule has 0 fully saturated rings. The van der Waals surface area contributed by atoms with Crippen molar-refractivity contribution >= 4 is 69.4 Å². The number of aryl methyl sites for hydroxylation is 2. The van der Waals surface area contributed by atoms with Crippen molar-refractivity contribution in [2.24, 2.45) is 0 Å². The fourth-order valence-corrected chi connectivity index (χ4v) is 13.9. The molecule has 0 aliphatic heterocycles. The van der Waals surface area contributed by atoms with Crippen molar-refractivity contribution in [3.8, 4) is 44.5 Å². The SMILES string of the molecule is O=c1ccn(CCCCCCCCCn2c3ccc(-c4ccc(/C(=C(\c5ccccc5)c5ccc(-c6ccc(S)cc6)cc5)c5ccccc5)cc4)cc3c3cc(-c4ccc(/C(=C(\c5ccccc5)c5ccc(-c6ccc(S)cc6)cc5)c5ccccc5)cc4)ccc32)c(=O)[nH]1. The number of benzene rings is 12. The van der Waals surface area contributed by atoms with E-state index in [-0.39, 0.29) is 11.2 Å². The number of aromatic amines is 1. The van der Waals surface area contributed by atoms with Gasteiger partial charge >= 0.3 is 5.69 Å². The lowest BCUT2D eigenvalue weighted by molar-refractivity contribution is 0.525. The van der Waals surface area contributed by atoms with Crippen molar-refractivity contribution in [1.82, 2.24) is 14.1 Å². The number of nitrogens with zero attached hydrogens (tertiary/aromatic N) is 2. The number of thiol groups is 2. The van der Waals surface area contributed by atoms with Crippen LogP contribution < -0.4 is 11.2 Å². The van der Waals surface area contributed by atoms with E-state index < -0.39 is 0 Å². The molecule has 0 radical (unpaired) electrons. The van der Waals surface area contributed by atoms with Gasteiger partial charge in [0.2, 0.25) is 0 Å². The zero-order valence-corrected chi connectivity index (χ0v) is 55.3. The van der Waals surface area contributed by atoms with Gasteiger partial charge in [-0.2, -0.15) is 0 Å². The van der Waals surface area contributed by atoms with Gasteiger partial charge in [0.25, 0.3) is 5.56 Å². The van der Waals surface area contributed by atoms with Crippen molar-refractivity contribution < 1.29 is 0 Å². The lowest BCUT2D eigenvalue weighted by atomic mass is 9.85. The highest BCUT2D eigenvalue weighted by molar-refractivity contribution is 7.80. The number of rotatable bonds is 22. The van der Waals surface area contributed by atoms with Crippen molar-refractivity contribution in [1.29, 1.82) is 0 Å². The predicted molar refractivity (Wildman–Crippen MR) is 408 cm³/mol. The summed E-state index contributed by atoms with van der Waals surface area (Å²) < 4.78 is 4.14. The third kappa shape index (κ3) is 14.1. The van der Waals surface area contributed by atoms with E-state index in [4.69, 9.17) is 0 Å². The Morgan fingerprint density at radius 2 is 0.552 bits per heavy atom. The van der Waals surface area contributed by atoms with Crippen LogP contribution in [0.2, 0.25) is 0 Å². The number of unbranched alkanes of at least 4 members (excludes halogenated alkanes) is 6. The van der Waals surface area contributed by atoms with Crippen LogP contribution in [0.15, 0.2) is 335 Å². The van der Waals surface area contributed by atoms with E-state index in [1.807, 2.05) is 24.3 Å². The molecule has 1 N–H and O–H groups in total. The molecule has 0 unspecified atom stereocenters. The summed E-state index contributed by atoms with van der Waals surface area (Å²) in [4.78, 5) is 28.0. The van der Waals surface area contributed by atoms with Crippen molar-refractivity contribution in [2.75, 3.05) is 0 Å². The minimum absolute atomic E-state index is 0.340. The Balaban J connectivity index is 0.810. The molecule has 14 rings (SSSR count). The summed E-state index contributed by atoms with van der Waals surface area (Å²) >= 11 is 9.09. The van der Waals surface area contributed by atoms with Crippen LogP contribution in [0.3, 0.4) is 0 Å². The minimum Gasteiger partial charge on any atom is -0.340 e. The Morgan fingerprint density at radius 1 is 0.281 bits per heavy atom. The number of hydrogen-bond donors (Lipinski definition) is 3. The fourth-order valence-electron chi connectivity index (χ4n) is 13.6. The maximum absolute atomic E-state index is 12.2. The quantitative estimate of drug-likeness (QED) is 0.0360. The smallest absolute Gasteiger partial charge is 0.328 e. The van der Waals surface area contributed by atoms with Crippen LogP contribution >= 0.6 is 25.3 Å². The van der Waals surface area contributed by atoms with Gasteiger partial charge in [0, 0.05) is 56.9 Å². The van der Waals surface area contributed by atoms with E-state index >= 15 is 0 Å². The van der Waals surface area contributed by atoms with Gasteiger partial charge in [-0.1, -0.05) is 287 Å². The maximum atomic E-state index is 12.2. The molecular weight excluding hydrogens is 1210 g/mol. The molecule has 0 amide bonds. The number of nitrogens with one attached hydrogen (secondary N) is 1. The van der Waals surface area contributed by atoms with Crippen molar-refractivity contribution in [3.05, 3.63) is 381 Å². The number of H-pyrrole nitrogens is 1. The zero-order valence-electron chi connectivity index (χ0n) is 53.5. The molecule has 0 atom stereocenters. The fraction of sp³-hybridized carbons (Fsp3) is 0.101. The molecule has 0 spiro atoms. The van der Waals surface area contributed by atoms with E-state index in [0.717, 1.165) is 139 Å². The van der Waals surface area contributed by atoms with Crippen LogP contribution in [0.4, 0.5) is 0 Å². The summed E-state index contributed by atoms with van der Waals surface area (Å²) in [7, 11) is 0. The van der Waals surface area contributed by atoms with Gasteiger partial charge in [0.15, 0.2) is 0 Å². The zero-order chi connectivity index (χ0) is 65.2. The third-order valence-corrected chi connectivity index (χ3v) is 19.2. The van der Waals surface area contributed by atoms with Gasteiger partial charge in [0.05, 0.1) is 0 Å². The molecule has 0 aliphatic rings. The molecule has 0 bridgehead atoms. The summed E-state index contributed by atoms with van der Waals surface area (Å²) in [5.41, 5.74) is 24.9. The molecular formula is C89H73N3O2S2. The Kier molecular flexibility index (Phi) is 19.1. The number of hydrogen-bond acceptors (Lipinski definition) is 4. The Bertz CT molecular complexity index is 4890. The predicted octanol–water partition coefficient (Wildman–Crippen LogP) is 22.3. The second-order valence-corrected chi connectivity index (χ2v) is 25.8. The summed E-state index contributed by atoms with van der Waals surface area (Å²) in [6.07, 6.45) is 9.12. The summed E-state index contributed by atoms with van der Waals surface area (Å²) in [5.74, 6) is 0. The van der Waals surface area contributed by atoms with Crippen LogP contribution in [0, 0.1) is 0 Å². The first-order chi connectivity index (χ1) is 47.3. The van der Waals surface area contributed by atoms with Gasteiger partial charge in [-0.3, -0.25) is 9.78 Å². The number of aromatic nitrogens is 3. The van der Waals surface area contributed by atoms with Gasteiger partial charge in [0.1, 0.15) is 0 Å². The van der Waals surface area contributed by atoms with Crippen LogP contribution in [-0.2, 0) is 13.1 Å². The molecule has 14 aromatic rings. The lowest BCUT2D eigenvalue weighted by Gasteiger charge is -2.19. The Labute approximate surface area is 572 Å². The summed E-state index contributed by atoms with van der Waals surface area (Å²) in [6.45, 7) is 1.52. The van der Waals surface area contributed by atoms with Crippen molar-refractivity contribution in [2.45, 2.75) is 67.8 Å². The summed E-state index contributed by atoms with van der Waals surface area (Å²) in [5, 5.41) is 2.47. The van der Waals surface area contributed by atoms with Gasteiger partial charge in [-0.25, -0.2) is 4.79 Å². The second-order valence-electron chi connectivity index (χ2n) is 24.8. The van der Waals surface area contributed by atoms with Gasteiger partial charge in [-0.05, 0) is 173 Å². The van der Waals surface area contributed by atoms with Crippen molar-refractivity contribution in [3.63, 3.8) is 0 Å². The second kappa shape index (κ2) is 29.3.